The van der Waals surface area contributed by atoms with Gasteiger partial charge in [-0.3, -0.25) is 0 Å². The van der Waals surface area contributed by atoms with Crippen molar-refractivity contribution in [1.29, 1.82) is 0 Å². The lowest BCUT2D eigenvalue weighted by Crippen LogP contribution is -2.62. The third-order valence-corrected chi connectivity index (χ3v) is 6.37. The Bertz CT molecular complexity index is 1000. The second-order valence-electron chi connectivity index (χ2n) is 9.16. The van der Waals surface area contributed by atoms with Crippen molar-refractivity contribution in [2.24, 2.45) is 0 Å². The second-order valence-corrected chi connectivity index (χ2v) is 9.16. The number of aromatic hydroxyl groups is 2. The number of aliphatic hydroxyl groups excluding tert-OH is 5. The lowest BCUT2D eigenvalue weighted by atomic mass is 9.99. The van der Waals surface area contributed by atoms with E-state index in [0.717, 1.165) is 11.1 Å². The van der Waals surface area contributed by atoms with Gasteiger partial charge in [-0.15, -0.1) is 0 Å². The van der Waals surface area contributed by atoms with Crippen molar-refractivity contribution in [1.82, 2.24) is 0 Å². The SMILES string of the molecule is C[C@H]1O[C@H](O[C@H]2[C@@H](O)[C@@H](Oc3cc(O)cc(CCc4ccc(O)cc4)c3)OC[C@@H]2O)[C@H](O)[C@H](O)[C@H]1O. The summed E-state index contributed by atoms with van der Waals surface area (Å²) < 4.78 is 22.2. The zero-order chi connectivity index (χ0) is 26.0. The van der Waals surface area contributed by atoms with Crippen LogP contribution in [0.25, 0.3) is 0 Å². The molecule has 11 nitrogen and oxygen atoms in total. The molecule has 4 rings (SSSR count). The monoisotopic (exact) mass is 508 g/mol. The lowest BCUT2D eigenvalue weighted by Gasteiger charge is -2.43. The summed E-state index contributed by atoms with van der Waals surface area (Å²) in [7, 11) is 0. The van der Waals surface area contributed by atoms with Gasteiger partial charge in [-0.2, -0.15) is 0 Å². The maximum Gasteiger partial charge on any atom is 0.228 e. The van der Waals surface area contributed by atoms with Crippen LogP contribution in [0, 0.1) is 0 Å². The number of aryl methyl sites for hydroxylation is 2. The van der Waals surface area contributed by atoms with Crippen LogP contribution in [0.15, 0.2) is 42.5 Å². The van der Waals surface area contributed by atoms with Gasteiger partial charge in [-0.1, -0.05) is 12.1 Å². The first-order chi connectivity index (χ1) is 17.1. The molecule has 0 bridgehead atoms. The highest BCUT2D eigenvalue weighted by Gasteiger charge is 2.48. The van der Waals surface area contributed by atoms with Crippen LogP contribution in [0.5, 0.6) is 17.2 Å². The predicted octanol–water partition coefficient (Wildman–Crippen LogP) is -0.447. The van der Waals surface area contributed by atoms with Crippen LogP contribution in [-0.4, -0.2) is 97.7 Å². The number of hydrogen-bond acceptors (Lipinski definition) is 11. The molecule has 7 N–H and O–H groups in total. The zero-order valence-electron chi connectivity index (χ0n) is 19.6. The molecule has 2 heterocycles. The summed E-state index contributed by atoms with van der Waals surface area (Å²) >= 11 is 0. The second kappa shape index (κ2) is 11.3. The topological polar surface area (TPSA) is 179 Å². The highest BCUT2D eigenvalue weighted by Crippen LogP contribution is 2.30. The fourth-order valence-electron chi connectivity index (χ4n) is 4.27. The van der Waals surface area contributed by atoms with E-state index < -0.39 is 55.3 Å². The molecule has 0 radical (unpaired) electrons. The summed E-state index contributed by atoms with van der Waals surface area (Å²) in [5.41, 5.74) is 1.76. The summed E-state index contributed by atoms with van der Waals surface area (Å²) in [6.45, 7) is 1.22. The third kappa shape index (κ3) is 6.07. The van der Waals surface area contributed by atoms with Crippen molar-refractivity contribution in [2.45, 2.75) is 75.1 Å². The number of hydrogen-bond donors (Lipinski definition) is 7. The molecular formula is C25H32O11. The van der Waals surface area contributed by atoms with E-state index in [9.17, 15) is 35.7 Å². The molecule has 0 saturated carbocycles. The van der Waals surface area contributed by atoms with E-state index >= 15 is 0 Å². The van der Waals surface area contributed by atoms with Gasteiger partial charge in [0.1, 0.15) is 53.9 Å². The molecule has 198 valence electrons. The molecule has 2 aliphatic heterocycles. The molecule has 2 aromatic rings. The van der Waals surface area contributed by atoms with Gasteiger partial charge in [0.25, 0.3) is 0 Å². The largest absolute Gasteiger partial charge is 0.508 e. The lowest BCUT2D eigenvalue weighted by molar-refractivity contribution is -0.338. The Balaban J connectivity index is 1.41. The first kappa shape index (κ1) is 26.6. The normalized spacial score (nSPS) is 34.9. The van der Waals surface area contributed by atoms with Crippen molar-refractivity contribution < 1.29 is 54.7 Å². The number of benzene rings is 2. The Morgan fingerprint density at radius 1 is 0.778 bits per heavy atom. The van der Waals surface area contributed by atoms with Gasteiger partial charge >= 0.3 is 0 Å². The van der Waals surface area contributed by atoms with Gasteiger partial charge in [0.15, 0.2) is 6.29 Å². The molecule has 36 heavy (non-hydrogen) atoms. The number of ether oxygens (including phenoxy) is 4. The van der Waals surface area contributed by atoms with E-state index in [2.05, 4.69) is 0 Å². The Kier molecular flexibility index (Phi) is 8.33. The van der Waals surface area contributed by atoms with E-state index in [1.807, 2.05) is 0 Å². The summed E-state index contributed by atoms with van der Waals surface area (Å²) in [6, 6.07) is 11.4. The van der Waals surface area contributed by atoms with E-state index in [4.69, 9.17) is 18.9 Å². The number of phenolic OH excluding ortho intramolecular Hbond substituents is 2. The highest BCUT2D eigenvalue weighted by atomic mass is 16.7. The fourth-order valence-corrected chi connectivity index (χ4v) is 4.27. The molecule has 2 fully saturated rings. The Morgan fingerprint density at radius 3 is 2.19 bits per heavy atom. The number of phenols is 2. The molecule has 11 heteroatoms. The average Bonchev–Trinajstić information content (AvgIpc) is 2.84. The van der Waals surface area contributed by atoms with E-state index in [0.29, 0.717) is 12.8 Å². The highest BCUT2D eigenvalue weighted by molar-refractivity contribution is 5.38. The molecule has 2 aromatic carbocycles. The van der Waals surface area contributed by atoms with Gasteiger partial charge in [0, 0.05) is 6.07 Å². The molecule has 2 aliphatic rings. The maximum atomic E-state index is 10.8. The van der Waals surface area contributed by atoms with Crippen molar-refractivity contribution in [3.05, 3.63) is 53.6 Å². The van der Waals surface area contributed by atoms with E-state index in [-0.39, 0.29) is 23.9 Å². The molecule has 9 atom stereocenters. The minimum atomic E-state index is -1.61. The Labute approximate surface area is 207 Å². The van der Waals surface area contributed by atoms with Crippen LogP contribution in [0.3, 0.4) is 0 Å². The Hall–Kier alpha value is -2.48. The van der Waals surface area contributed by atoms with Crippen LogP contribution >= 0.6 is 0 Å². The van der Waals surface area contributed by atoms with Crippen LogP contribution in [-0.2, 0) is 27.1 Å². The van der Waals surface area contributed by atoms with Crippen molar-refractivity contribution in [3.63, 3.8) is 0 Å². The van der Waals surface area contributed by atoms with E-state index in [1.54, 1.807) is 36.4 Å². The smallest absolute Gasteiger partial charge is 0.228 e. The molecule has 0 aliphatic carbocycles. The number of rotatable bonds is 7. The fraction of sp³-hybridized carbons (Fsp3) is 0.520. The van der Waals surface area contributed by atoms with Crippen molar-refractivity contribution >= 4 is 0 Å². The minimum Gasteiger partial charge on any atom is -0.508 e. The summed E-state index contributed by atoms with van der Waals surface area (Å²) in [5.74, 6) is 0.348. The molecule has 2 saturated heterocycles. The van der Waals surface area contributed by atoms with Gasteiger partial charge < -0.3 is 54.7 Å². The number of aliphatic hydroxyl groups is 5. The molecule has 0 spiro atoms. The van der Waals surface area contributed by atoms with E-state index in [1.165, 1.54) is 13.0 Å². The summed E-state index contributed by atoms with van der Waals surface area (Å²) in [5, 5.41) is 70.8. The zero-order valence-corrected chi connectivity index (χ0v) is 19.6. The first-order valence-corrected chi connectivity index (χ1v) is 11.7. The van der Waals surface area contributed by atoms with Crippen LogP contribution in [0.4, 0.5) is 0 Å². The molecule has 0 aromatic heterocycles. The molecule has 0 unspecified atom stereocenters. The Morgan fingerprint density at radius 2 is 1.47 bits per heavy atom. The quantitative estimate of drug-likeness (QED) is 0.258. The average molecular weight is 509 g/mol. The predicted molar refractivity (Wildman–Crippen MR) is 123 cm³/mol. The van der Waals surface area contributed by atoms with Crippen LogP contribution < -0.4 is 4.74 Å². The molecule has 0 amide bonds. The summed E-state index contributed by atoms with van der Waals surface area (Å²) in [4.78, 5) is 0. The van der Waals surface area contributed by atoms with Crippen LogP contribution in [0.1, 0.15) is 18.1 Å². The van der Waals surface area contributed by atoms with Gasteiger partial charge in [0.05, 0.1) is 12.7 Å². The van der Waals surface area contributed by atoms with Crippen LogP contribution in [0.2, 0.25) is 0 Å². The first-order valence-electron chi connectivity index (χ1n) is 11.7. The van der Waals surface area contributed by atoms with Crippen molar-refractivity contribution in [2.75, 3.05) is 6.61 Å². The summed E-state index contributed by atoms with van der Waals surface area (Å²) in [6.07, 6.45) is -10.9. The molecular weight excluding hydrogens is 476 g/mol. The van der Waals surface area contributed by atoms with Gasteiger partial charge in [-0.25, -0.2) is 0 Å². The van der Waals surface area contributed by atoms with Crippen molar-refractivity contribution in [3.8, 4) is 17.2 Å². The maximum absolute atomic E-state index is 10.8. The van der Waals surface area contributed by atoms with Gasteiger partial charge in [0.2, 0.25) is 6.29 Å². The minimum absolute atomic E-state index is 0.0494. The standard InChI is InChI=1S/C25H32O11/c1-12-19(29)20(30)21(31)25(34-12)36-23-18(28)11-33-24(22(23)32)35-17-9-14(8-16(27)10-17)3-2-13-4-6-15(26)7-5-13/h4-10,12,18-32H,2-3,11H2,1H3/t12-,18+,19+,20-,21-,22-,23-,24-,25-/m1/s1. The van der Waals surface area contributed by atoms with Gasteiger partial charge in [-0.05, 0) is 55.2 Å². The third-order valence-electron chi connectivity index (χ3n) is 6.37.